The molecule has 2 amide bonds. The van der Waals surface area contributed by atoms with Crippen LogP contribution in [0.15, 0.2) is 42.5 Å². The average molecular weight is 342 g/mol. The quantitative estimate of drug-likeness (QED) is 0.714. The van der Waals surface area contributed by atoms with Crippen LogP contribution in [0, 0.1) is 5.92 Å². The number of benzene rings is 2. The van der Waals surface area contributed by atoms with Gasteiger partial charge >= 0.3 is 5.97 Å². The molecule has 0 aliphatic heterocycles. The van der Waals surface area contributed by atoms with E-state index in [4.69, 9.17) is 0 Å². The first-order chi connectivity index (χ1) is 11.9. The molecule has 6 heteroatoms. The predicted molar refractivity (Wildman–Crippen MR) is 95.1 cm³/mol. The van der Waals surface area contributed by atoms with E-state index in [1.807, 2.05) is 42.5 Å². The Morgan fingerprint density at radius 3 is 2.40 bits per heavy atom. The summed E-state index contributed by atoms with van der Waals surface area (Å²) in [5, 5.41) is 16.6. The Hall–Kier alpha value is -2.89. The number of hydrogen-bond donors (Lipinski definition) is 3. The number of carbonyl (C=O) groups excluding carboxylic acids is 2. The zero-order chi connectivity index (χ0) is 18.4. The standard InChI is InChI=1S/C19H22N2O4/c1-12(21-13(2)22)18(23)20-11-17(19(24)25)10-14-7-8-15-5-3-4-6-16(15)9-14/h3-9,12,17H,10-11H2,1-2H3,(H,20,23)(H,21,22)(H,24,25). The Kier molecular flexibility index (Phi) is 6.11. The van der Waals surface area contributed by atoms with Crippen molar-refractivity contribution in [3.63, 3.8) is 0 Å². The molecular formula is C19H22N2O4. The lowest BCUT2D eigenvalue weighted by Crippen LogP contribution is -2.46. The summed E-state index contributed by atoms with van der Waals surface area (Å²) in [5.41, 5.74) is 0.898. The maximum absolute atomic E-state index is 11.9. The van der Waals surface area contributed by atoms with Gasteiger partial charge in [0.2, 0.25) is 11.8 Å². The number of nitrogens with one attached hydrogen (secondary N) is 2. The second-order valence-electron chi connectivity index (χ2n) is 6.09. The average Bonchev–Trinajstić information content (AvgIpc) is 2.57. The van der Waals surface area contributed by atoms with E-state index in [1.54, 1.807) is 6.92 Å². The molecule has 2 aromatic rings. The first kappa shape index (κ1) is 18.4. The third-order valence-electron chi connectivity index (χ3n) is 3.98. The van der Waals surface area contributed by atoms with Crippen molar-refractivity contribution in [2.24, 2.45) is 5.92 Å². The van der Waals surface area contributed by atoms with Crippen molar-refractivity contribution >= 4 is 28.6 Å². The van der Waals surface area contributed by atoms with Crippen LogP contribution in [0.2, 0.25) is 0 Å². The molecule has 0 aliphatic rings. The number of carboxylic acids is 1. The normalized spacial score (nSPS) is 13.0. The largest absolute Gasteiger partial charge is 0.481 e. The monoisotopic (exact) mass is 342 g/mol. The molecule has 0 saturated carbocycles. The van der Waals surface area contributed by atoms with E-state index in [1.165, 1.54) is 6.92 Å². The fraction of sp³-hybridized carbons (Fsp3) is 0.316. The summed E-state index contributed by atoms with van der Waals surface area (Å²) < 4.78 is 0. The molecule has 2 atom stereocenters. The van der Waals surface area contributed by atoms with Crippen molar-refractivity contribution < 1.29 is 19.5 Å². The van der Waals surface area contributed by atoms with Crippen LogP contribution in [0.1, 0.15) is 19.4 Å². The molecule has 0 heterocycles. The Morgan fingerprint density at radius 1 is 1.08 bits per heavy atom. The Bertz CT molecular complexity index is 788. The van der Waals surface area contributed by atoms with Crippen LogP contribution < -0.4 is 10.6 Å². The molecule has 0 fully saturated rings. The molecule has 2 rings (SSSR count). The number of amides is 2. The maximum Gasteiger partial charge on any atom is 0.308 e. The van der Waals surface area contributed by atoms with Gasteiger partial charge in [0.1, 0.15) is 6.04 Å². The zero-order valence-electron chi connectivity index (χ0n) is 14.3. The van der Waals surface area contributed by atoms with E-state index in [0.29, 0.717) is 6.42 Å². The lowest BCUT2D eigenvalue weighted by atomic mass is 9.97. The van der Waals surface area contributed by atoms with Gasteiger partial charge in [-0.05, 0) is 29.7 Å². The van der Waals surface area contributed by atoms with Gasteiger partial charge in [-0.2, -0.15) is 0 Å². The van der Waals surface area contributed by atoms with E-state index >= 15 is 0 Å². The second kappa shape index (κ2) is 8.28. The molecule has 6 nitrogen and oxygen atoms in total. The van der Waals surface area contributed by atoms with E-state index in [2.05, 4.69) is 10.6 Å². The minimum atomic E-state index is -0.972. The van der Waals surface area contributed by atoms with E-state index in [9.17, 15) is 19.5 Å². The SMILES string of the molecule is CC(=O)NC(C)C(=O)NCC(Cc1ccc2ccccc2c1)C(=O)O. The summed E-state index contributed by atoms with van der Waals surface area (Å²) >= 11 is 0. The number of carboxylic acid groups (broad SMARTS) is 1. The van der Waals surface area contributed by atoms with E-state index < -0.39 is 23.8 Å². The molecule has 0 saturated heterocycles. The summed E-state index contributed by atoms with van der Waals surface area (Å²) in [6, 6.07) is 13.0. The van der Waals surface area contributed by atoms with Gasteiger partial charge in [-0.25, -0.2) is 0 Å². The van der Waals surface area contributed by atoms with E-state index in [0.717, 1.165) is 16.3 Å². The highest BCUT2D eigenvalue weighted by atomic mass is 16.4. The third-order valence-corrected chi connectivity index (χ3v) is 3.98. The van der Waals surface area contributed by atoms with Gasteiger partial charge in [0.15, 0.2) is 0 Å². The van der Waals surface area contributed by atoms with Crippen LogP contribution in [-0.2, 0) is 20.8 Å². The molecular weight excluding hydrogens is 320 g/mol. The second-order valence-corrected chi connectivity index (χ2v) is 6.09. The topological polar surface area (TPSA) is 95.5 Å². The van der Waals surface area contributed by atoms with Crippen LogP contribution >= 0.6 is 0 Å². The van der Waals surface area contributed by atoms with Crippen molar-refractivity contribution in [3.05, 3.63) is 48.0 Å². The molecule has 0 bridgehead atoms. The zero-order valence-corrected chi connectivity index (χ0v) is 14.3. The smallest absolute Gasteiger partial charge is 0.308 e. The number of rotatable bonds is 7. The van der Waals surface area contributed by atoms with Gasteiger partial charge in [0.05, 0.1) is 5.92 Å². The summed E-state index contributed by atoms with van der Waals surface area (Å²) in [5.74, 6) is -2.43. The minimum Gasteiger partial charge on any atom is -0.481 e. The van der Waals surface area contributed by atoms with Crippen LogP contribution in [0.5, 0.6) is 0 Å². The molecule has 132 valence electrons. The number of aliphatic carboxylic acids is 1. The van der Waals surface area contributed by atoms with Gasteiger partial charge < -0.3 is 15.7 Å². The lowest BCUT2D eigenvalue weighted by molar-refractivity contribution is -0.141. The lowest BCUT2D eigenvalue weighted by Gasteiger charge is -2.17. The highest BCUT2D eigenvalue weighted by Crippen LogP contribution is 2.18. The summed E-state index contributed by atoms with van der Waals surface area (Å²) in [4.78, 5) is 34.4. The van der Waals surface area contributed by atoms with Crippen molar-refractivity contribution in [1.82, 2.24) is 10.6 Å². The molecule has 2 unspecified atom stereocenters. The molecule has 0 spiro atoms. The number of carbonyl (C=O) groups is 3. The summed E-state index contributed by atoms with van der Waals surface area (Å²) in [6.07, 6.45) is 0.314. The molecule has 2 aromatic carbocycles. The van der Waals surface area contributed by atoms with Gasteiger partial charge in [-0.3, -0.25) is 14.4 Å². The van der Waals surface area contributed by atoms with Crippen molar-refractivity contribution in [2.75, 3.05) is 6.54 Å². The summed E-state index contributed by atoms with van der Waals surface area (Å²) in [6.45, 7) is 2.88. The summed E-state index contributed by atoms with van der Waals surface area (Å²) in [7, 11) is 0. The van der Waals surface area contributed by atoms with Gasteiger partial charge in [0, 0.05) is 13.5 Å². The van der Waals surface area contributed by atoms with Crippen molar-refractivity contribution in [1.29, 1.82) is 0 Å². The minimum absolute atomic E-state index is 0.00488. The molecule has 25 heavy (non-hydrogen) atoms. The van der Waals surface area contributed by atoms with Gasteiger partial charge in [-0.1, -0.05) is 42.5 Å². The van der Waals surface area contributed by atoms with Crippen LogP contribution in [0.25, 0.3) is 10.8 Å². The Morgan fingerprint density at radius 2 is 1.76 bits per heavy atom. The number of hydrogen-bond acceptors (Lipinski definition) is 3. The van der Waals surface area contributed by atoms with Gasteiger partial charge in [0.25, 0.3) is 0 Å². The fourth-order valence-electron chi connectivity index (χ4n) is 2.64. The molecule has 3 N–H and O–H groups in total. The van der Waals surface area contributed by atoms with E-state index in [-0.39, 0.29) is 12.5 Å². The molecule has 0 aliphatic carbocycles. The first-order valence-corrected chi connectivity index (χ1v) is 8.12. The van der Waals surface area contributed by atoms with Gasteiger partial charge in [-0.15, -0.1) is 0 Å². The fourth-order valence-corrected chi connectivity index (χ4v) is 2.64. The Balaban J connectivity index is 2.01. The van der Waals surface area contributed by atoms with Crippen molar-refractivity contribution in [2.45, 2.75) is 26.3 Å². The number of fused-ring (bicyclic) bond motifs is 1. The van der Waals surface area contributed by atoms with Crippen molar-refractivity contribution in [3.8, 4) is 0 Å². The van der Waals surface area contributed by atoms with Crippen LogP contribution in [0.3, 0.4) is 0 Å². The highest BCUT2D eigenvalue weighted by Gasteiger charge is 2.21. The third kappa shape index (κ3) is 5.31. The first-order valence-electron chi connectivity index (χ1n) is 8.12. The van der Waals surface area contributed by atoms with Crippen LogP contribution in [-0.4, -0.2) is 35.5 Å². The molecule has 0 aromatic heterocycles. The Labute approximate surface area is 146 Å². The maximum atomic E-state index is 11.9. The molecule has 0 radical (unpaired) electrons. The predicted octanol–water partition coefficient (Wildman–Crippen LogP) is 1.72. The highest BCUT2D eigenvalue weighted by molar-refractivity contribution is 5.87. The van der Waals surface area contributed by atoms with Crippen LogP contribution in [0.4, 0.5) is 0 Å².